The number of nitrogens with zero attached hydrogens (tertiary/aromatic N) is 1. The molecule has 0 spiro atoms. The van der Waals surface area contributed by atoms with Gasteiger partial charge in [0, 0.05) is 12.7 Å². The lowest BCUT2D eigenvalue weighted by molar-refractivity contribution is -0.115. The lowest BCUT2D eigenvalue weighted by Crippen LogP contribution is -2.15. The molecule has 0 atom stereocenters. The number of anilines is 1. The highest BCUT2D eigenvalue weighted by molar-refractivity contribution is 5.91. The van der Waals surface area contributed by atoms with Crippen molar-refractivity contribution in [2.75, 3.05) is 5.32 Å². The molecule has 0 saturated carbocycles. The Kier molecular flexibility index (Phi) is 4.26. The Morgan fingerprint density at radius 1 is 1.21 bits per heavy atom. The van der Waals surface area contributed by atoms with E-state index in [1.807, 2.05) is 43.3 Å². The van der Waals surface area contributed by atoms with Crippen LogP contribution in [-0.4, -0.2) is 10.9 Å². The molecule has 19 heavy (non-hydrogen) atoms. The van der Waals surface area contributed by atoms with Gasteiger partial charge in [-0.2, -0.15) is 0 Å². The fraction of sp³-hybridized carbons (Fsp3) is 0.200. The molecule has 0 saturated heterocycles. The first kappa shape index (κ1) is 13.2. The molecule has 3 N–H and O–H groups in total. The third-order valence-corrected chi connectivity index (χ3v) is 2.81. The van der Waals surface area contributed by atoms with Crippen LogP contribution < -0.4 is 11.1 Å². The number of hydrogen-bond acceptors (Lipinski definition) is 3. The monoisotopic (exact) mass is 255 g/mol. The summed E-state index contributed by atoms with van der Waals surface area (Å²) in [5, 5.41) is 2.79. The molecule has 2 aromatic rings. The van der Waals surface area contributed by atoms with Gasteiger partial charge in [-0.1, -0.05) is 24.3 Å². The van der Waals surface area contributed by atoms with Crippen LogP contribution >= 0.6 is 0 Å². The van der Waals surface area contributed by atoms with Gasteiger partial charge >= 0.3 is 0 Å². The van der Waals surface area contributed by atoms with Gasteiger partial charge in [0.05, 0.1) is 6.42 Å². The molecule has 4 nitrogen and oxygen atoms in total. The average molecular weight is 255 g/mol. The molecule has 0 aliphatic rings. The third kappa shape index (κ3) is 3.89. The number of pyridine rings is 1. The van der Waals surface area contributed by atoms with E-state index >= 15 is 0 Å². The number of rotatable bonds is 4. The van der Waals surface area contributed by atoms with E-state index in [-0.39, 0.29) is 5.91 Å². The maximum atomic E-state index is 11.9. The molecule has 0 fully saturated rings. The van der Waals surface area contributed by atoms with Crippen LogP contribution in [0, 0.1) is 6.92 Å². The van der Waals surface area contributed by atoms with Crippen molar-refractivity contribution in [3.05, 3.63) is 59.3 Å². The van der Waals surface area contributed by atoms with Gasteiger partial charge in [0.15, 0.2) is 0 Å². The molecule has 1 amide bonds. The van der Waals surface area contributed by atoms with Gasteiger partial charge in [0.1, 0.15) is 5.82 Å². The zero-order chi connectivity index (χ0) is 13.7. The zero-order valence-corrected chi connectivity index (χ0v) is 10.9. The molecule has 4 heteroatoms. The number of amides is 1. The molecule has 1 heterocycles. The smallest absolute Gasteiger partial charge is 0.229 e. The van der Waals surface area contributed by atoms with Gasteiger partial charge in [-0.15, -0.1) is 0 Å². The van der Waals surface area contributed by atoms with Gasteiger partial charge in [-0.05, 0) is 35.7 Å². The van der Waals surface area contributed by atoms with Crippen molar-refractivity contribution in [1.29, 1.82) is 0 Å². The molecule has 0 aliphatic carbocycles. The van der Waals surface area contributed by atoms with E-state index in [0.717, 1.165) is 16.7 Å². The Labute approximate surface area is 112 Å². The van der Waals surface area contributed by atoms with Crippen LogP contribution in [0.3, 0.4) is 0 Å². The first-order valence-electron chi connectivity index (χ1n) is 6.18. The number of benzene rings is 1. The molecule has 0 unspecified atom stereocenters. The normalized spacial score (nSPS) is 10.2. The summed E-state index contributed by atoms with van der Waals surface area (Å²) in [4.78, 5) is 16.0. The van der Waals surface area contributed by atoms with Crippen LogP contribution in [0.15, 0.2) is 42.6 Å². The van der Waals surface area contributed by atoms with Crippen LogP contribution in [0.1, 0.15) is 16.7 Å². The van der Waals surface area contributed by atoms with E-state index in [1.54, 1.807) is 6.20 Å². The first-order chi connectivity index (χ1) is 9.17. The van der Waals surface area contributed by atoms with E-state index < -0.39 is 0 Å². The summed E-state index contributed by atoms with van der Waals surface area (Å²) in [6, 6.07) is 11.5. The molecule has 2 rings (SSSR count). The van der Waals surface area contributed by atoms with Gasteiger partial charge in [-0.3, -0.25) is 4.79 Å². The van der Waals surface area contributed by atoms with Crippen LogP contribution in [-0.2, 0) is 17.8 Å². The molecular formula is C15H17N3O. The Hall–Kier alpha value is -2.20. The summed E-state index contributed by atoms with van der Waals surface area (Å²) in [5.74, 6) is 0.516. The number of aryl methyl sites for hydroxylation is 1. The van der Waals surface area contributed by atoms with Crippen molar-refractivity contribution in [2.24, 2.45) is 5.73 Å². The number of carbonyl (C=O) groups excluding carboxylic acids is 1. The quantitative estimate of drug-likeness (QED) is 0.878. The maximum absolute atomic E-state index is 11.9. The predicted molar refractivity (Wildman–Crippen MR) is 75.6 cm³/mol. The maximum Gasteiger partial charge on any atom is 0.229 e. The van der Waals surface area contributed by atoms with Crippen molar-refractivity contribution in [1.82, 2.24) is 4.98 Å². The summed E-state index contributed by atoms with van der Waals surface area (Å²) in [7, 11) is 0. The first-order valence-corrected chi connectivity index (χ1v) is 6.18. The van der Waals surface area contributed by atoms with Gasteiger partial charge in [0.2, 0.25) is 5.91 Å². The van der Waals surface area contributed by atoms with Crippen LogP contribution in [0.4, 0.5) is 5.82 Å². The highest BCUT2D eigenvalue weighted by Crippen LogP contribution is 2.08. The highest BCUT2D eigenvalue weighted by Gasteiger charge is 2.05. The Morgan fingerprint density at radius 3 is 2.53 bits per heavy atom. The second kappa shape index (κ2) is 6.11. The van der Waals surface area contributed by atoms with Gasteiger partial charge in [0.25, 0.3) is 0 Å². The van der Waals surface area contributed by atoms with Crippen molar-refractivity contribution in [3.63, 3.8) is 0 Å². The van der Waals surface area contributed by atoms with E-state index in [4.69, 9.17) is 5.73 Å². The van der Waals surface area contributed by atoms with Crippen LogP contribution in [0.5, 0.6) is 0 Å². The minimum Gasteiger partial charge on any atom is -0.326 e. The standard InChI is InChI=1S/C15H17N3O/c1-11-6-7-17-14(8-11)18-15(19)9-12-2-4-13(10-16)5-3-12/h2-8H,9-10,16H2,1H3,(H,17,18,19). The Balaban J connectivity index is 1.97. The summed E-state index contributed by atoms with van der Waals surface area (Å²) in [6.07, 6.45) is 2.02. The second-order valence-electron chi connectivity index (χ2n) is 4.46. The second-order valence-corrected chi connectivity index (χ2v) is 4.46. The van der Waals surface area contributed by atoms with Crippen molar-refractivity contribution in [3.8, 4) is 0 Å². The van der Waals surface area contributed by atoms with E-state index in [9.17, 15) is 4.79 Å². The topological polar surface area (TPSA) is 68.0 Å². The van der Waals surface area contributed by atoms with Gasteiger partial charge in [-0.25, -0.2) is 4.98 Å². The molecule has 0 radical (unpaired) electrons. The number of aromatic nitrogens is 1. The number of nitrogens with one attached hydrogen (secondary N) is 1. The Morgan fingerprint density at radius 2 is 1.89 bits per heavy atom. The molecule has 1 aromatic carbocycles. The average Bonchev–Trinajstić information content (AvgIpc) is 2.39. The summed E-state index contributed by atoms with van der Waals surface area (Å²) in [6.45, 7) is 2.47. The van der Waals surface area contributed by atoms with E-state index in [1.165, 1.54) is 0 Å². The molecule has 0 bridgehead atoms. The molecule has 1 aromatic heterocycles. The fourth-order valence-electron chi connectivity index (χ4n) is 1.77. The number of nitrogens with two attached hydrogens (primary N) is 1. The lowest BCUT2D eigenvalue weighted by atomic mass is 10.1. The SMILES string of the molecule is Cc1ccnc(NC(=O)Cc2ccc(CN)cc2)c1. The predicted octanol–water partition coefficient (Wildman–Crippen LogP) is 2.03. The molecular weight excluding hydrogens is 238 g/mol. The largest absolute Gasteiger partial charge is 0.326 e. The van der Waals surface area contributed by atoms with Crippen LogP contribution in [0.25, 0.3) is 0 Å². The summed E-state index contributed by atoms with van der Waals surface area (Å²) in [5.41, 5.74) is 8.62. The summed E-state index contributed by atoms with van der Waals surface area (Å²) >= 11 is 0. The van der Waals surface area contributed by atoms with E-state index in [0.29, 0.717) is 18.8 Å². The Bertz CT molecular complexity index is 564. The third-order valence-electron chi connectivity index (χ3n) is 2.81. The minimum atomic E-state index is -0.0707. The van der Waals surface area contributed by atoms with Crippen molar-refractivity contribution in [2.45, 2.75) is 19.9 Å². The number of carbonyl (C=O) groups is 1. The van der Waals surface area contributed by atoms with Crippen molar-refractivity contribution < 1.29 is 4.79 Å². The fourth-order valence-corrected chi connectivity index (χ4v) is 1.77. The van der Waals surface area contributed by atoms with E-state index in [2.05, 4.69) is 10.3 Å². The van der Waals surface area contributed by atoms with Gasteiger partial charge < -0.3 is 11.1 Å². The minimum absolute atomic E-state index is 0.0707. The van der Waals surface area contributed by atoms with Crippen LogP contribution in [0.2, 0.25) is 0 Å². The molecule has 98 valence electrons. The summed E-state index contributed by atoms with van der Waals surface area (Å²) < 4.78 is 0. The lowest BCUT2D eigenvalue weighted by Gasteiger charge is -2.05. The molecule has 0 aliphatic heterocycles. The van der Waals surface area contributed by atoms with Crippen molar-refractivity contribution >= 4 is 11.7 Å². The number of hydrogen-bond donors (Lipinski definition) is 2. The zero-order valence-electron chi connectivity index (χ0n) is 10.9. The highest BCUT2D eigenvalue weighted by atomic mass is 16.1.